The maximum atomic E-state index is 13.6. The fourth-order valence-electron chi connectivity index (χ4n) is 2.21. The minimum atomic E-state index is -0.502. The summed E-state index contributed by atoms with van der Waals surface area (Å²) in [6, 6.07) is 4.92. The molecule has 0 saturated carbocycles. The van der Waals surface area contributed by atoms with Gasteiger partial charge in [-0.05, 0) is 44.9 Å². The molecule has 0 bridgehead atoms. The van der Waals surface area contributed by atoms with Gasteiger partial charge in [0, 0.05) is 39.4 Å². The number of halogens is 2. The number of nitrogens with zero attached hydrogens (tertiary/aromatic N) is 1. The van der Waals surface area contributed by atoms with Crippen LogP contribution in [0.2, 0.25) is 0 Å². The summed E-state index contributed by atoms with van der Waals surface area (Å²) < 4.78 is 23.8. The molecule has 160 valence electrons. The second kappa shape index (κ2) is 13.5. The Bertz CT molecular complexity index is 636. The third kappa shape index (κ3) is 11.3. The second-order valence-electron chi connectivity index (χ2n) is 6.99. The van der Waals surface area contributed by atoms with Crippen LogP contribution in [0, 0.1) is 5.82 Å². The summed E-state index contributed by atoms with van der Waals surface area (Å²) in [6.45, 7) is 7.34. The maximum Gasteiger partial charge on any atom is 0.407 e. The first kappa shape index (κ1) is 26.4. The summed E-state index contributed by atoms with van der Waals surface area (Å²) in [5.74, 6) is 0.352. The third-order valence-electron chi connectivity index (χ3n) is 3.41. The first-order chi connectivity index (χ1) is 12.7. The van der Waals surface area contributed by atoms with E-state index < -0.39 is 11.7 Å². The van der Waals surface area contributed by atoms with Crippen molar-refractivity contribution in [3.8, 4) is 0 Å². The number of amides is 1. The highest BCUT2D eigenvalue weighted by Gasteiger charge is 2.15. The van der Waals surface area contributed by atoms with Crippen molar-refractivity contribution in [2.75, 3.05) is 27.2 Å². The lowest BCUT2D eigenvalue weighted by Crippen LogP contribution is -2.39. The summed E-state index contributed by atoms with van der Waals surface area (Å²) in [6.07, 6.45) is 0.294. The van der Waals surface area contributed by atoms with Gasteiger partial charge in [-0.3, -0.25) is 4.99 Å². The Hall–Kier alpha value is -1.62. The van der Waals surface area contributed by atoms with Gasteiger partial charge < -0.3 is 25.4 Å². The molecule has 1 amide bonds. The molecule has 0 atom stereocenters. The number of guanidine groups is 1. The molecule has 0 saturated heterocycles. The molecule has 0 aromatic heterocycles. The molecule has 0 fully saturated rings. The quantitative estimate of drug-likeness (QED) is 0.217. The van der Waals surface area contributed by atoms with Crippen LogP contribution in [0.15, 0.2) is 23.2 Å². The highest BCUT2D eigenvalue weighted by Crippen LogP contribution is 2.11. The minimum Gasteiger partial charge on any atom is -0.444 e. The van der Waals surface area contributed by atoms with E-state index in [1.165, 1.54) is 13.2 Å². The first-order valence-corrected chi connectivity index (χ1v) is 8.92. The predicted octanol–water partition coefficient (Wildman–Crippen LogP) is 3.17. The average molecular weight is 510 g/mol. The number of ether oxygens (including phenoxy) is 2. The van der Waals surface area contributed by atoms with E-state index in [2.05, 4.69) is 20.9 Å². The van der Waals surface area contributed by atoms with Gasteiger partial charge in [0.1, 0.15) is 11.4 Å². The molecular formula is C19H32FIN4O3. The fourth-order valence-corrected chi connectivity index (χ4v) is 2.21. The van der Waals surface area contributed by atoms with Gasteiger partial charge >= 0.3 is 6.09 Å². The Kier molecular flexibility index (Phi) is 12.8. The summed E-state index contributed by atoms with van der Waals surface area (Å²) in [5.41, 5.74) is 0.948. The van der Waals surface area contributed by atoms with Crippen LogP contribution in [-0.4, -0.2) is 44.9 Å². The molecule has 28 heavy (non-hydrogen) atoms. The van der Waals surface area contributed by atoms with Gasteiger partial charge in [0.05, 0.1) is 6.61 Å². The van der Waals surface area contributed by atoms with Crippen molar-refractivity contribution in [3.63, 3.8) is 0 Å². The number of carbonyl (C=O) groups is 1. The lowest BCUT2D eigenvalue weighted by atomic mass is 10.1. The molecule has 9 heteroatoms. The van der Waals surface area contributed by atoms with E-state index in [9.17, 15) is 9.18 Å². The molecule has 0 aliphatic heterocycles. The van der Waals surface area contributed by atoms with E-state index in [1.54, 1.807) is 19.2 Å². The van der Waals surface area contributed by atoms with Gasteiger partial charge in [-0.15, -0.1) is 24.0 Å². The number of methoxy groups -OCH3 is 1. The topological polar surface area (TPSA) is 84.0 Å². The first-order valence-electron chi connectivity index (χ1n) is 8.92. The van der Waals surface area contributed by atoms with Crippen molar-refractivity contribution in [2.45, 2.75) is 45.9 Å². The van der Waals surface area contributed by atoms with Crippen molar-refractivity contribution in [3.05, 3.63) is 35.1 Å². The van der Waals surface area contributed by atoms with Crippen molar-refractivity contribution in [2.24, 2.45) is 4.99 Å². The van der Waals surface area contributed by atoms with E-state index in [0.717, 1.165) is 5.56 Å². The van der Waals surface area contributed by atoms with Crippen LogP contribution >= 0.6 is 24.0 Å². The molecule has 1 aromatic rings. The molecular weight excluding hydrogens is 478 g/mol. The zero-order valence-electron chi connectivity index (χ0n) is 17.2. The van der Waals surface area contributed by atoms with E-state index in [0.29, 0.717) is 37.6 Å². The number of rotatable bonds is 8. The Labute approximate surface area is 183 Å². The van der Waals surface area contributed by atoms with Gasteiger partial charge in [0.15, 0.2) is 5.96 Å². The molecule has 1 aromatic carbocycles. The largest absolute Gasteiger partial charge is 0.444 e. The summed E-state index contributed by atoms with van der Waals surface area (Å²) in [5, 5.41) is 9.03. The van der Waals surface area contributed by atoms with Crippen LogP contribution in [0.25, 0.3) is 0 Å². The highest BCUT2D eigenvalue weighted by molar-refractivity contribution is 14.0. The van der Waals surface area contributed by atoms with Crippen molar-refractivity contribution in [1.29, 1.82) is 0 Å². The van der Waals surface area contributed by atoms with Crippen LogP contribution in [-0.2, 0) is 22.6 Å². The Morgan fingerprint density at radius 2 is 1.86 bits per heavy atom. The summed E-state index contributed by atoms with van der Waals surface area (Å²) in [4.78, 5) is 15.7. The highest BCUT2D eigenvalue weighted by atomic mass is 127. The number of hydrogen-bond acceptors (Lipinski definition) is 4. The van der Waals surface area contributed by atoms with Crippen LogP contribution in [0.3, 0.4) is 0 Å². The fraction of sp³-hybridized carbons (Fsp3) is 0.579. The SMILES string of the molecule is CN=C(NCCCNC(=O)OC(C)(C)C)NCc1ccc(F)c(COC)c1.I. The van der Waals surface area contributed by atoms with Gasteiger partial charge in [0.25, 0.3) is 0 Å². The lowest BCUT2D eigenvalue weighted by molar-refractivity contribution is 0.0527. The van der Waals surface area contributed by atoms with E-state index in [1.807, 2.05) is 20.8 Å². The van der Waals surface area contributed by atoms with Gasteiger partial charge in [-0.2, -0.15) is 0 Å². The van der Waals surface area contributed by atoms with Crippen LogP contribution in [0.5, 0.6) is 0 Å². The number of alkyl carbamates (subject to hydrolysis) is 1. The molecule has 0 aliphatic carbocycles. The van der Waals surface area contributed by atoms with Gasteiger partial charge in [-0.25, -0.2) is 9.18 Å². The lowest BCUT2D eigenvalue weighted by Gasteiger charge is -2.19. The number of benzene rings is 1. The van der Waals surface area contributed by atoms with Crippen molar-refractivity contribution in [1.82, 2.24) is 16.0 Å². The van der Waals surface area contributed by atoms with Crippen LogP contribution in [0.1, 0.15) is 38.3 Å². The zero-order valence-corrected chi connectivity index (χ0v) is 19.6. The zero-order chi connectivity index (χ0) is 20.3. The third-order valence-corrected chi connectivity index (χ3v) is 3.41. The second-order valence-corrected chi connectivity index (χ2v) is 6.99. The predicted molar refractivity (Wildman–Crippen MR) is 120 cm³/mol. The van der Waals surface area contributed by atoms with Crippen molar-refractivity contribution < 1.29 is 18.7 Å². The smallest absolute Gasteiger partial charge is 0.407 e. The summed E-state index contributed by atoms with van der Waals surface area (Å²) >= 11 is 0. The molecule has 1 rings (SSSR count). The standard InChI is InChI=1S/C19H31FN4O3.HI/c1-19(2,3)27-18(25)23-10-6-9-22-17(21-4)24-12-14-7-8-16(20)15(11-14)13-26-5;/h7-8,11H,6,9-10,12-13H2,1-5H3,(H,23,25)(H2,21,22,24);1H. The molecule has 3 N–H and O–H groups in total. The van der Waals surface area contributed by atoms with E-state index >= 15 is 0 Å². The molecule has 0 radical (unpaired) electrons. The average Bonchev–Trinajstić information content (AvgIpc) is 2.58. The van der Waals surface area contributed by atoms with E-state index in [4.69, 9.17) is 9.47 Å². The maximum absolute atomic E-state index is 13.6. The Balaban J connectivity index is 0.00000729. The molecule has 0 aliphatic rings. The van der Waals surface area contributed by atoms with Crippen LogP contribution in [0.4, 0.5) is 9.18 Å². The molecule has 0 spiro atoms. The van der Waals surface area contributed by atoms with Gasteiger partial charge in [0.2, 0.25) is 0 Å². The minimum absolute atomic E-state index is 0. The molecule has 7 nitrogen and oxygen atoms in total. The number of carbonyl (C=O) groups excluding carboxylic acids is 1. The molecule has 0 unspecified atom stereocenters. The van der Waals surface area contributed by atoms with E-state index in [-0.39, 0.29) is 36.4 Å². The van der Waals surface area contributed by atoms with Gasteiger partial charge in [-0.1, -0.05) is 6.07 Å². The number of hydrogen-bond donors (Lipinski definition) is 3. The molecule has 0 heterocycles. The van der Waals surface area contributed by atoms with Crippen molar-refractivity contribution >= 4 is 36.0 Å². The Morgan fingerprint density at radius 1 is 1.18 bits per heavy atom. The number of nitrogens with one attached hydrogen (secondary N) is 3. The summed E-state index contributed by atoms with van der Waals surface area (Å²) in [7, 11) is 3.21. The monoisotopic (exact) mass is 510 g/mol. The van der Waals surface area contributed by atoms with Crippen LogP contribution < -0.4 is 16.0 Å². The number of aliphatic imine (C=N–C) groups is 1. The normalized spacial score (nSPS) is 11.4. The Morgan fingerprint density at radius 3 is 2.46 bits per heavy atom.